The largest absolute Gasteiger partial charge is 0.497 e. The number of carbonyl (C=O) groups excluding carboxylic acids is 1. The molecular formula is C14H19N3O3. The number of nitrogens with zero attached hydrogens (tertiary/aromatic N) is 1. The van der Waals surface area contributed by atoms with Crippen LogP contribution in [0.1, 0.15) is 18.5 Å². The van der Waals surface area contributed by atoms with Crippen molar-refractivity contribution in [1.82, 2.24) is 10.6 Å². The smallest absolute Gasteiger partial charge is 0.258 e. The Morgan fingerprint density at radius 1 is 1.50 bits per heavy atom. The molecule has 20 heavy (non-hydrogen) atoms. The molecule has 0 spiro atoms. The summed E-state index contributed by atoms with van der Waals surface area (Å²) in [5, 5.41) is 13.9. The van der Waals surface area contributed by atoms with Crippen LogP contribution in [0.3, 0.4) is 0 Å². The molecule has 0 aromatic heterocycles. The second-order valence-corrected chi connectivity index (χ2v) is 4.14. The first-order chi connectivity index (χ1) is 9.62. The highest BCUT2D eigenvalue weighted by atomic mass is 16.5. The topological polar surface area (TPSA) is 83.4 Å². The monoisotopic (exact) mass is 277 g/mol. The van der Waals surface area contributed by atoms with E-state index in [0.29, 0.717) is 11.5 Å². The Bertz CT molecular complexity index is 497. The molecule has 1 atom stereocenters. The maximum atomic E-state index is 11.4. The third kappa shape index (κ3) is 4.44. The van der Waals surface area contributed by atoms with E-state index in [2.05, 4.69) is 10.6 Å². The van der Waals surface area contributed by atoms with Gasteiger partial charge in [0.05, 0.1) is 13.2 Å². The first-order valence-corrected chi connectivity index (χ1v) is 6.24. The number of nitrogens with one attached hydrogen (secondary N) is 2. The van der Waals surface area contributed by atoms with Crippen LogP contribution in [0, 0.1) is 11.3 Å². The van der Waals surface area contributed by atoms with Crippen molar-refractivity contribution < 1.29 is 14.3 Å². The summed E-state index contributed by atoms with van der Waals surface area (Å²) in [6, 6.07) is 7.39. The summed E-state index contributed by atoms with van der Waals surface area (Å²) in [7, 11) is 3.41. The summed E-state index contributed by atoms with van der Waals surface area (Å²) in [5.74, 6) is 0.903. The van der Waals surface area contributed by atoms with E-state index in [4.69, 9.17) is 14.7 Å². The van der Waals surface area contributed by atoms with Gasteiger partial charge in [0.15, 0.2) is 6.61 Å². The van der Waals surface area contributed by atoms with E-state index < -0.39 is 0 Å². The van der Waals surface area contributed by atoms with Crippen LogP contribution < -0.4 is 20.1 Å². The van der Waals surface area contributed by atoms with Crippen molar-refractivity contribution in [2.75, 3.05) is 27.3 Å². The molecule has 0 heterocycles. The molecule has 2 N–H and O–H groups in total. The zero-order chi connectivity index (χ0) is 15.0. The molecule has 1 aromatic rings. The fourth-order valence-electron chi connectivity index (χ4n) is 1.61. The third-order valence-electron chi connectivity index (χ3n) is 2.84. The Morgan fingerprint density at radius 3 is 2.85 bits per heavy atom. The molecule has 0 saturated carbocycles. The zero-order valence-corrected chi connectivity index (χ0v) is 11.9. The highest BCUT2D eigenvalue weighted by molar-refractivity contribution is 5.77. The molecule has 1 rings (SSSR count). The molecule has 0 fully saturated rings. The summed E-state index contributed by atoms with van der Waals surface area (Å²) < 4.78 is 10.7. The maximum Gasteiger partial charge on any atom is 0.258 e. The highest BCUT2D eigenvalue weighted by Gasteiger charge is 2.12. The zero-order valence-electron chi connectivity index (χ0n) is 11.9. The summed E-state index contributed by atoms with van der Waals surface area (Å²) in [6.45, 7) is 1.82. The van der Waals surface area contributed by atoms with Crippen LogP contribution in [0.4, 0.5) is 0 Å². The van der Waals surface area contributed by atoms with Crippen LogP contribution in [-0.2, 0) is 4.79 Å². The van der Waals surface area contributed by atoms with Crippen molar-refractivity contribution >= 4 is 5.91 Å². The van der Waals surface area contributed by atoms with Crippen molar-refractivity contribution in [1.29, 1.82) is 5.26 Å². The van der Waals surface area contributed by atoms with E-state index in [1.165, 1.54) is 0 Å². The maximum absolute atomic E-state index is 11.4. The molecule has 1 aromatic carbocycles. The van der Waals surface area contributed by atoms with E-state index >= 15 is 0 Å². The van der Waals surface area contributed by atoms with Gasteiger partial charge in [-0.2, -0.15) is 5.26 Å². The predicted molar refractivity (Wildman–Crippen MR) is 74.6 cm³/mol. The van der Waals surface area contributed by atoms with E-state index in [1.807, 2.05) is 32.2 Å². The number of rotatable bonds is 7. The van der Waals surface area contributed by atoms with Crippen LogP contribution in [0.2, 0.25) is 0 Å². The van der Waals surface area contributed by atoms with Crippen LogP contribution in [0.15, 0.2) is 18.2 Å². The van der Waals surface area contributed by atoms with Gasteiger partial charge in [0.2, 0.25) is 0 Å². The molecule has 1 unspecified atom stereocenters. The van der Waals surface area contributed by atoms with Gasteiger partial charge in [0, 0.05) is 17.7 Å². The predicted octanol–water partition coefficient (Wildman–Crippen LogP) is 0.994. The summed E-state index contributed by atoms with van der Waals surface area (Å²) in [5.41, 5.74) is 0.932. The number of benzene rings is 1. The minimum Gasteiger partial charge on any atom is -0.497 e. The molecule has 0 aliphatic rings. The Balaban J connectivity index is 2.80. The second-order valence-electron chi connectivity index (χ2n) is 4.14. The summed E-state index contributed by atoms with van der Waals surface area (Å²) in [6.07, 6.45) is 0. The first-order valence-electron chi connectivity index (χ1n) is 6.24. The molecule has 1 amide bonds. The molecule has 0 bridgehead atoms. The Labute approximate surface area is 118 Å². The summed E-state index contributed by atoms with van der Waals surface area (Å²) in [4.78, 5) is 11.4. The van der Waals surface area contributed by atoms with Crippen LogP contribution >= 0.6 is 0 Å². The van der Waals surface area contributed by atoms with Crippen molar-refractivity contribution in [3.05, 3.63) is 23.8 Å². The van der Waals surface area contributed by atoms with Gasteiger partial charge in [-0.15, -0.1) is 0 Å². The highest BCUT2D eigenvalue weighted by Crippen LogP contribution is 2.29. The normalized spacial score (nSPS) is 11.3. The molecule has 6 nitrogen and oxygen atoms in total. The number of hydrogen-bond acceptors (Lipinski definition) is 5. The lowest BCUT2D eigenvalue weighted by atomic mass is 10.1. The lowest BCUT2D eigenvalue weighted by Crippen LogP contribution is -2.29. The molecular weight excluding hydrogens is 258 g/mol. The van der Waals surface area contributed by atoms with Gasteiger partial charge in [-0.25, -0.2) is 0 Å². The number of ether oxygens (including phenoxy) is 2. The van der Waals surface area contributed by atoms with Gasteiger partial charge >= 0.3 is 0 Å². The number of carbonyl (C=O) groups is 1. The number of nitriles is 1. The standard InChI is InChI=1S/C14H19N3O3/c1-10(16-2)12-5-4-11(19-3)8-13(12)20-9-14(18)17-7-6-15/h4-5,8,10,16H,7,9H2,1-3H3,(H,17,18). The van der Waals surface area contributed by atoms with Gasteiger partial charge in [-0.3, -0.25) is 4.79 Å². The number of amides is 1. The van der Waals surface area contributed by atoms with Crippen molar-refractivity contribution in [2.45, 2.75) is 13.0 Å². The number of methoxy groups -OCH3 is 1. The average molecular weight is 277 g/mol. The van der Waals surface area contributed by atoms with Crippen molar-refractivity contribution in [2.24, 2.45) is 0 Å². The van der Waals surface area contributed by atoms with Crippen molar-refractivity contribution in [3.8, 4) is 17.6 Å². The molecule has 6 heteroatoms. The quantitative estimate of drug-likeness (QED) is 0.726. The fraction of sp³-hybridized carbons (Fsp3) is 0.429. The average Bonchev–Trinajstić information content (AvgIpc) is 2.49. The minimum atomic E-state index is -0.336. The molecule has 108 valence electrons. The number of hydrogen-bond donors (Lipinski definition) is 2. The van der Waals surface area contributed by atoms with Crippen LogP contribution in [-0.4, -0.2) is 33.2 Å². The van der Waals surface area contributed by atoms with Gasteiger partial charge in [0.1, 0.15) is 18.0 Å². The van der Waals surface area contributed by atoms with E-state index in [1.54, 1.807) is 13.2 Å². The molecule has 0 radical (unpaired) electrons. The van der Waals surface area contributed by atoms with Crippen molar-refractivity contribution in [3.63, 3.8) is 0 Å². The molecule has 0 aliphatic carbocycles. The minimum absolute atomic E-state index is 0.0277. The van der Waals surface area contributed by atoms with Gasteiger partial charge in [-0.1, -0.05) is 6.07 Å². The van der Waals surface area contributed by atoms with Gasteiger partial charge < -0.3 is 20.1 Å². The Kier molecular flexibility index (Phi) is 6.33. The Morgan fingerprint density at radius 2 is 2.25 bits per heavy atom. The van der Waals surface area contributed by atoms with E-state index in [9.17, 15) is 4.79 Å². The lowest BCUT2D eigenvalue weighted by molar-refractivity contribution is -0.122. The fourth-order valence-corrected chi connectivity index (χ4v) is 1.61. The second kappa shape index (κ2) is 8.02. The molecule has 0 aliphatic heterocycles. The summed E-state index contributed by atoms with van der Waals surface area (Å²) >= 11 is 0. The Hall–Kier alpha value is -2.26. The molecule has 0 saturated heterocycles. The van der Waals surface area contributed by atoms with Gasteiger partial charge in [0.25, 0.3) is 5.91 Å². The van der Waals surface area contributed by atoms with Crippen LogP contribution in [0.5, 0.6) is 11.5 Å². The van der Waals surface area contributed by atoms with E-state index in [-0.39, 0.29) is 25.1 Å². The lowest BCUT2D eigenvalue weighted by Gasteiger charge is -2.17. The third-order valence-corrected chi connectivity index (χ3v) is 2.84. The SMILES string of the molecule is CNC(C)c1ccc(OC)cc1OCC(=O)NCC#N. The van der Waals surface area contributed by atoms with E-state index in [0.717, 1.165) is 5.56 Å². The van der Waals surface area contributed by atoms with Crippen LogP contribution in [0.25, 0.3) is 0 Å². The first kappa shape index (κ1) is 15.8. The van der Waals surface area contributed by atoms with Gasteiger partial charge in [-0.05, 0) is 20.0 Å².